The Labute approximate surface area is 110 Å². The maximum Gasteiger partial charge on any atom is 0.337 e. The van der Waals surface area contributed by atoms with Crippen LogP contribution in [0.1, 0.15) is 29.6 Å². The van der Waals surface area contributed by atoms with E-state index in [2.05, 4.69) is 10.3 Å². The van der Waals surface area contributed by atoms with Gasteiger partial charge in [-0.25, -0.2) is 9.78 Å². The van der Waals surface area contributed by atoms with Crippen molar-refractivity contribution in [2.75, 3.05) is 18.5 Å². The van der Waals surface area contributed by atoms with Crippen LogP contribution in [0.15, 0.2) is 12.3 Å². The van der Waals surface area contributed by atoms with Gasteiger partial charge in [0.05, 0.1) is 16.7 Å². The highest BCUT2D eigenvalue weighted by Crippen LogP contribution is 2.19. The Morgan fingerprint density at radius 1 is 1.61 bits per heavy atom. The third-order valence-electron chi connectivity index (χ3n) is 2.87. The van der Waals surface area contributed by atoms with E-state index >= 15 is 0 Å². The van der Waals surface area contributed by atoms with Gasteiger partial charge in [-0.3, -0.25) is 0 Å². The predicted octanol–water partition coefficient (Wildman–Crippen LogP) is 2.41. The van der Waals surface area contributed by atoms with Crippen molar-refractivity contribution in [1.29, 1.82) is 0 Å². The molecule has 5 nitrogen and oxygen atoms in total. The lowest BCUT2D eigenvalue weighted by Gasteiger charge is -2.23. The van der Waals surface area contributed by atoms with Gasteiger partial charge in [-0.15, -0.1) is 0 Å². The topological polar surface area (TPSA) is 71.5 Å². The first-order valence-electron chi connectivity index (χ1n) is 5.91. The summed E-state index contributed by atoms with van der Waals surface area (Å²) in [6, 6.07) is 1.44. The van der Waals surface area contributed by atoms with Crippen molar-refractivity contribution in [2.24, 2.45) is 0 Å². The number of aromatic carboxylic acids is 1. The third kappa shape index (κ3) is 3.34. The summed E-state index contributed by atoms with van der Waals surface area (Å²) in [7, 11) is 0. The lowest BCUT2D eigenvalue weighted by molar-refractivity contribution is 0.0247. The summed E-state index contributed by atoms with van der Waals surface area (Å²) >= 11 is 5.74. The summed E-state index contributed by atoms with van der Waals surface area (Å²) in [5.74, 6) is -0.551. The summed E-state index contributed by atoms with van der Waals surface area (Å²) in [5.41, 5.74) is 0.0544. The molecule has 98 valence electrons. The number of pyridine rings is 1. The molecule has 1 atom stereocenters. The Kier molecular flexibility index (Phi) is 4.38. The van der Waals surface area contributed by atoms with Gasteiger partial charge in [-0.05, 0) is 25.3 Å². The zero-order valence-electron chi connectivity index (χ0n) is 9.86. The van der Waals surface area contributed by atoms with Gasteiger partial charge in [0, 0.05) is 19.3 Å². The van der Waals surface area contributed by atoms with E-state index in [4.69, 9.17) is 21.4 Å². The SMILES string of the molecule is O=C(O)c1cc(NCC2CCCCO2)ncc1Cl. The first-order valence-corrected chi connectivity index (χ1v) is 6.29. The van der Waals surface area contributed by atoms with Gasteiger partial charge in [-0.2, -0.15) is 0 Å². The van der Waals surface area contributed by atoms with Crippen LogP contribution < -0.4 is 5.32 Å². The Hall–Kier alpha value is -1.33. The van der Waals surface area contributed by atoms with Gasteiger partial charge in [0.2, 0.25) is 0 Å². The van der Waals surface area contributed by atoms with E-state index in [9.17, 15) is 4.79 Å². The minimum atomic E-state index is -1.06. The summed E-state index contributed by atoms with van der Waals surface area (Å²) in [6.45, 7) is 1.43. The Morgan fingerprint density at radius 2 is 2.44 bits per heavy atom. The van der Waals surface area contributed by atoms with E-state index < -0.39 is 5.97 Å². The van der Waals surface area contributed by atoms with E-state index in [-0.39, 0.29) is 16.7 Å². The van der Waals surface area contributed by atoms with Crippen LogP contribution >= 0.6 is 11.6 Å². The van der Waals surface area contributed by atoms with Gasteiger partial charge in [-0.1, -0.05) is 11.6 Å². The molecule has 6 heteroatoms. The molecule has 0 bridgehead atoms. The number of aromatic nitrogens is 1. The molecule has 2 rings (SSSR count). The van der Waals surface area contributed by atoms with Crippen LogP contribution in [-0.2, 0) is 4.74 Å². The van der Waals surface area contributed by atoms with E-state index in [1.807, 2.05) is 0 Å². The zero-order valence-corrected chi connectivity index (χ0v) is 10.6. The van der Waals surface area contributed by atoms with Crippen molar-refractivity contribution >= 4 is 23.4 Å². The quantitative estimate of drug-likeness (QED) is 0.879. The highest BCUT2D eigenvalue weighted by molar-refractivity contribution is 6.33. The fraction of sp³-hybridized carbons (Fsp3) is 0.500. The predicted molar refractivity (Wildman–Crippen MR) is 68.3 cm³/mol. The van der Waals surface area contributed by atoms with E-state index in [0.29, 0.717) is 12.4 Å². The molecule has 1 aliphatic rings. The molecule has 2 N–H and O–H groups in total. The number of carboxylic acids is 1. The van der Waals surface area contributed by atoms with Crippen molar-refractivity contribution < 1.29 is 14.6 Å². The third-order valence-corrected chi connectivity index (χ3v) is 3.17. The van der Waals surface area contributed by atoms with Crippen LogP contribution in [0.5, 0.6) is 0 Å². The van der Waals surface area contributed by atoms with Crippen LogP contribution in [0.3, 0.4) is 0 Å². The minimum absolute atomic E-state index is 0.0544. The molecule has 1 aliphatic heterocycles. The average Bonchev–Trinajstić information content (AvgIpc) is 2.38. The van der Waals surface area contributed by atoms with E-state index in [1.165, 1.54) is 18.7 Å². The smallest absolute Gasteiger partial charge is 0.337 e. The highest BCUT2D eigenvalue weighted by Gasteiger charge is 2.15. The second-order valence-electron chi connectivity index (χ2n) is 4.22. The Bertz CT molecular complexity index is 433. The van der Waals surface area contributed by atoms with Crippen LogP contribution in [0, 0.1) is 0 Å². The first kappa shape index (κ1) is 13.1. The van der Waals surface area contributed by atoms with Gasteiger partial charge in [0.15, 0.2) is 0 Å². The highest BCUT2D eigenvalue weighted by atomic mass is 35.5. The molecular weight excluding hydrogens is 256 g/mol. The standard InChI is InChI=1S/C12H15ClN2O3/c13-10-7-15-11(5-9(10)12(16)17)14-6-8-3-1-2-4-18-8/h5,7-8H,1-4,6H2,(H,14,15)(H,16,17). The van der Waals surface area contributed by atoms with Crippen molar-refractivity contribution in [3.05, 3.63) is 22.8 Å². The molecule has 2 heterocycles. The molecule has 0 aromatic carbocycles. The van der Waals surface area contributed by atoms with Gasteiger partial charge < -0.3 is 15.2 Å². The molecule has 1 fully saturated rings. The van der Waals surface area contributed by atoms with E-state index in [0.717, 1.165) is 19.4 Å². The molecule has 1 unspecified atom stereocenters. The van der Waals surface area contributed by atoms with Crippen molar-refractivity contribution in [1.82, 2.24) is 4.98 Å². The molecule has 1 aromatic heterocycles. The number of carbonyl (C=O) groups is 1. The van der Waals surface area contributed by atoms with Crippen LogP contribution in [-0.4, -0.2) is 35.3 Å². The number of ether oxygens (including phenoxy) is 1. The summed E-state index contributed by atoms with van der Waals surface area (Å²) in [4.78, 5) is 15.0. The number of nitrogens with one attached hydrogen (secondary N) is 1. The number of nitrogens with zero attached hydrogens (tertiary/aromatic N) is 1. The number of carboxylic acid groups (broad SMARTS) is 1. The Morgan fingerprint density at radius 3 is 3.11 bits per heavy atom. The molecule has 0 amide bonds. The minimum Gasteiger partial charge on any atom is -0.478 e. The van der Waals surface area contributed by atoms with Crippen molar-refractivity contribution in [3.8, 4) is 0 Å². The van der Waals surface area contributed by atoms with Crippen LogP contribution in [0.25, 0.3) is 0 Å². The number of hydrogen-bond donors (Lipinski definition) is 2. The Balaban J connectivity index is 1.96. The first-order chi connectivity index (χ1) is 8.66. The lowest BCUT2D eigenvalue weighted by Crippen LogP contribution is -2.27. The second-order valence-corrected chi connectivity index (χ2v) is 4.63. The summed E-state index contributed by atoms with van der Waals surface area (Å²) in [5, 5.41) is 12.2. The molecular formula is C12H15ClN2O3. The number of halogens is 1. The summed E-state index contributed by atoms with van der Waals surface area (Å²) < 4.78 is 5.57. The lowest BCUT2D eigenvalue weighted by atomic mass is 10.1. The average molecular weight is 271 g/mol. The number of rotatable bonds is 4. The molecule has 18 heavy (non-hydrogen) atoms. The van der Waals surface area contributed by atoms with Crippen molar-refractivity contribution in [3.63, 3.8) is 0 Å². The monoisotopic (exact) mass is 270 g/mol. The maximum atomic E-state index is 10.9. The van der Waals surface area contributed by atoms with E-state index in [1.54, 1.807) is 0 Å². The fourth-order valence-electron chi connectivity index (χ4n) is 1.89. The van der Waals surface area contributed by atoms with Crippen molar-refractivity contribution in [2.45, 2.75) is 25.4 Å². The number of anilines is 1. The number of hydrogen-bond acceptors (Lipinski definition) is 4. The fourth-order valence-corrected chi connectivity index (χ4v) is 2.07. The van der Waals surface area contributed by atoms with Crippen LogP contribution in [0.2, 0.25) is 5.02 Å². The second kappa shape index (κ2) is 6.02. The summed E-state index contributed by atoms with van der Waals surface area (Å²) in [6.07, 6.45) is 4.81. The maximum absolute atomic E-state index is 10.9. The van der Waals surface area contributed by atoms with Gasteiger partial charge in [0.1, 0.15) is 5.82 Å². The normalized spacial score (nSPS) is 19.5. The molecule has 0 spiro atoms. The molecule has 1 aromatic rings. The largest absolute Gasteiger partial charge is 0.478 e. The van der Waals surface area contributed by atoms with Gasteiger partial charge >= 0.3 is 5.97 Å². The van der Waals surface area contributed by atoms with Crippen LogP contribution in [0.4, 0.5) is 5.82 Å². The molecule has 0 saturated carbocycles. The molecule has 0 radical (unpaired) electrons. The molecule has 1 saturated heterocycles. The zero-order chi connectivity index (χ0) is 13.0. The molecule has 0 aliphatic carbocycles. The van der Waals surface area contributed by atoms with Gasteiger partial charge in [0.25, 0.3) is 0 Å².